The molecule has 1 aliphatic carbocycles. The van der Waals surface area contributed by atoms with Crippen molar-refractivity contribution in [1.82, 2.24) is 4.90 Å². The van der Waals surface area contributed by atoms with Gasteiger partial charge in [0, 0.05) is 17.9 Å². The molecule has 2 unspecified atom stereocenters. The van der Waals surface area contributed by atoms with E-state index in [1.165, 1.54) is 16.9 Å². The van der Waals surface area contributed by atoms with Gasteiger partial charge in [-0.2, -0.15) is 0 Å². The molecule has 0 N–H and O–H groups in total. The maximum absolute atomic E-state index is 12.4. The number of nitrogens with zero attached hydrogens (tertiary/aromatic N) is 1. The number of methoxy groups -OCH3 is 2. The van der Waals surface area contributed by atoms with Gasteiger partial charge in [0.1, 0.15) is 10.6 Å². The maximum atomic E-state index is 12.4. The summed E-state index contributed by atoms with van der Waals surface area (Å²) in [5.41, 5.74) is 1.24. The Balaban J connectivity index is 1.64. The smallest absolute Gasteiger partial charge is 0.353 e. The van der Waals surface area contributed by atoms with Crippen molar-refractivity contribution in [3.63, 3.8) is 0 Å². The van der Waals surface area contributed by atoms with Crippen LogP contribution in [0.15, 0.2) is 47.5 Å². The summed E-state index contributed by atoms with van der Waals surface area (Å²) in [6.45, 7) is 1.00. The van der Waals surface area contributed by atoms with Crippen LogP contribution in [0.5, 0.6) is 11.5 Å². The van der Waals surface area contributed by atoms with E-state index in [-0.39, 0.29) is 17.4 Å². The molecule has 2 aromatic rings. The van der Waals surface area contributed by atoms with Crippen LogP contribution in [-0.4, -0.2) is 44.7 Å². The number of hydrogen-bond acceptors (Lipinski definition) is 6. The monoisotopic (exact) mass is 399 g/mol. The predicted octanol–water partition coefficient (Wildman–Crippen LogP) is 4.24. The summed E-state index contributed by atoms with van der Waals surface area (Å²) in [6, 6.07) is 10.1. The molecule has 0 bridgehead atoms. The summed E-state index contributed by atoms with van der Waals surface area (Å²) in [5, 5.41) is 1.89. The Morgan fingerprint density at radius 3 is 2.71 bits per heavy atom. The highest BCUT2D eigenvalue weighted by Gasteiger charge is 2.48. The summed E-state index contributed by atoms with van der Waals surface area (Å²) in [4.78, 5) is 15.3. The summed E-state index contributed by atoms with van der Waals surface area (Å²) in [7, 11) is 5.45. The lowest BCUT2D eigenvalue weighted by Crippen LogP contribution is -2.42. The standard InChI is InChI=1S/C22H25NO4S/c1-23-11-10-22(15-6-7-17(25-2)18(13-15)26-3)9-8-16(14-20(22)23)27-21(24)19-5-4-12-28-19/h4-7,12-14,20H,8-11H2,1-3H3. The van der Waals surface area contributed by atoms with Crippen molar-refractivity contribution >= 4 is 17.3 Å². The zero-order chi connectivity index (χ0) is 19.7. The quantitative estimate of drug-likeness (QED) is 0.704. The van der Waals surface area contributed by atoms with Crippen LogP contribution in [0.4, 0.5) is 0 Å². The Morgan fingerprint density at radius 1 is 1.18 bits per heavy atom. The number of carbonyl (C=O) groups excluding carboxylic acids is 1. The van der Waals surface area contributed by atoms with Crippen LogP contribution in [0.1, 0.15) is 34.5 Å². The third kappa shape index (κ3) is 3.20. The second-order valence-electron chi connectivity index (χ2n) is 7.40. The number of likely N-dealkylation sites (N-methyl/N-ethyl adjacent to an activating group) is 1. The van der Waals surface area contributed by atoms with Gasteiger partial charge >= 0.3 is 5.97 Å². The molecule has 148 valence electrons. The molecule has 0 radical (unpaired) electrons. The van der Waals surface area contributed by atoms with Gasteiger partial charge < -0.3 is 14.2 Å². The third-order valence-electron chi connectivity index (χ3n) is 6.02. The van der Waals surface area contributed by atoms with Gasteiger partial charge in [-0.05, 0) is 61.7 Å². The molecule has 0 spiro atoms. The van der Waals surface area contributed by atoms with Gasteiger partial charge in [0.2, 0.25) is 0 Å². The molecule has 1 aromatic heterocycles. The fourth-order valence-electron chi connectivity index (χ4n) is 4.50. The molecule has 2 heterocycles. The SMILES string of the molecule is COc1ccc(C23CCC(OC(=O)c4cccs4)=CC2N(C)CC3)cc1OC. The lowest BCUT2D eigenvalue weighted by molar-refractivity contribution is 0.0598. The van der Waals surface area contributed by atoms with Crippen molar-refractivity contribution in [2.75, 3.05) is 27.8 Å². The van der Waals surface area contributed by atoms with E-state index in [1.807, 2.05) is 17.5 Å². The Labute approximate surface area is 169 Å². The Bertz CT molecular complexity index is 892. The van der Waals surface area contributed by atoms with Gasteiger partial charge in [-0.25, -0.2) is 4.79 Å². The first-order valence-corrected chi connectivity index (χ1v) is 10.3. The topological polar surface area (TPSA) is 48.0 Å². The first kappa shape index (κ1) is 19.0. The number of likely N-dealkylation sites (tertiary alicyclic amines) is 1. The minimum Gasteiger partial charge on any atom is -0.493 e. The maximum Gasteiger partial charge on any atom is 0.353 e. The van der Waals surface area contributed by atoms with E-state index in [0.717, 1.165) is 43.1 Å². The predicted molar refractivity (Wildman–Crippen MR) is 109 cm³/mol. The molecule has 6 heteroatoms. The number of hydrogen-bond donors (Lipinski definition) is 0. The van der Waals surface area contributed by atoms with Crippen LogP contribution in [0, 0.1) is 0 Å². The van der Waals surface area contributed by atoms with Crippen LogP contribution in [-0.2, 0) is 10.2 Å². The summed E-state index contributed by atoms with van der Waals surface area (Å²) in [5.74, 6) is 2.00. The summed E-state index contributed by atoms with van der Waals surface area (Å²) in [6.07, 6.45) is 4.88. The van der Waals surface area contributed by atoms with Crippen molar-refractivity contribution in [2.24, 2.45) is 0 Å². The van der Waals surface area contributed by atoms with Crippen molar-refractivity contribution in [3.05, 3.63) is 58.0 Å². The van der Waals surface area contributed by atoms with E-state index in [2.05, 4.69) is 30.2 Å². The normalized spacial score (nSPS) is 24.4. The molecule has 1 saturated heterocycles. The Kier molecular flexibility index (Phi) is 5.17. The first-order chi connectivity index (χ1) is 13.6. The number of fused-ring (bicyclic) bond motifs is 1. The number of ether oxygens (including phenoxy) is 3. The zero-order valence-corrected chi connectivity index (χ0v) is 17.3. The molecular weight excluding hydrogens is 374 g/mol. The number of thiophene rings is 1. The fraction of sp³-hybridized carbons (Fsp3) is 0.409. The molecular formula is C22H25NO4S. The third-order valence-corrected chi connectivity index (χ3v) is 6.87. The van der Waals surface area contributed by atoms with Crippen LogP contribution >= 0.6 is 11.3 Å². The largest absolute Gasteiger partial charge is 0.493 e. The summed E-state index contributed by atoms with van der Waals surface area (Å²) < 4.78 is 16.6. The Hall–Kier alpha value is -2.31. The lowest BCUT2D eigenvalue weighted by Gasteiger charge is -2.40. The van der Waals surface area contributed by atoms with Crippen LogP contribution in [0.25, 0.3) is 0 Å². The number of carbonyl (C=O) groups is 1. The summed E-state index contributed by atoms with van der Waals surface area (Å²) >= 11 is 1.41. The second-order valence-corrected chi connectivity index (χ2v) is 8.35. The van der Waals surface area contributed by atoms with Gasteiger partial charge in [0.05, 0.1) is 14.2 Å². The van der Waals surface area contributed by atoms with E-state index < -0.39 is 0 Å². The Morgan fingerprint density at radius 2 is 2.00 bits per heavy atom. The van der Waals surface area contributed by atoms with E-state index in [1.54, 1.807) is 20.3 Å². The molecule has 2 aliphatic rings. The van der Waals surface area contributed by atoms with Gasteiger partial charge in [-0.1, -0.05) is 12.1 Å². The molecule has 1 fully saturated rings. The number of allylic oxidation sites excluding steroid dienone is 1. The highest BCUT2D eigenvalue weighted by Crippen LogP contribution is 2.49. The average molecular weight is 400 g/mol. The fourth-order valence-corrected chi connectivity index (χ4v) is 5.10. The zero-order valence-electron chi connectivity index (χ0n) is 16.4. The van der Waals surface area contributed by atoms with Gasteiger partial charge in [-0.3, -0.25) is 4.90 Å². The number of rotatable bonds is 5. The molecule has 4 rings (SSSR count). The molecule has 1 aliphatic heterocycles. The highest BCUT2D eigenvalue weighted by atomic mass is 32.1. The van der Waals surface area contributed by atoms with Crippen molar-refractivity contribution in [1.29, 1.82) is 0 Å². The second kappa shape index (κ2) is 7.60. The molecule has 2 atom stereocenters. The van der Waals surface area contributed by atoms with Crippen LogP contribution < -0.4 is 9.47 Å². The molecule has 28 heavy (non-hydrogen) atoms. The molecule has 5 nitrogen and oxygen atoms in total. The number of esters is 1. The van der Waals surface area contributed by atoms with E-state index in [9.17, 15) is 4.79 Å². The molecule has 0 saturated carbocycles. The van der Waals surface area contributed by atoms with Gasteiger partial charge in [0.15, 0.2) is 11.5 Å². The van der Waals surface area contributed by atoms with Crippen LogP contribution in [0.2, 0.25) is 0 Å². The number of benzene rings is 1. The van der Waals surface area contributed by atoms with Gasteiger partial charge in [-0.15, -0.1) is 11.3 Å². The van der Waals surface area contributed by atoms with Crippen LogP contribution in [0.3, 0.4) is 0 Å². The van der Waals surface area contributed by atoms with Crippen molar-refractivity contribution in [3.8, 4) is 11.5 Å². The van der Waals surface area contributed by atoms with Gasteiger partial charge in [0.25, 0.3) is 0 Å². The average Bonchev–Trinajstić information content (AvgIpc) is 3.37. The van der Waals surface area contributed by atoms with Crippen molar-refractivity contribution in [2.45, 2.75) is 30.7 Å². The first-order valence-electron chi connectivity index (χ1n) is 9.46. The van der Waals surface area contributed by atoms with E-state index >= 15 is 0 Å². The lowest BCUT2D eigenvalue weighted by atomic mass is 9.68. The molecule has 0 amide bonds. The minimum atomic E-state index is -0.263. The molecule has 1 aromatic carbocycles. The van der Waals surface area contributed by atoms with E-state index in [4.69, 9.17) is 14.2 Å². The van der Waals surface area contributed by atoms with Crippen molar-refractivity contribution < 1.29 is 19.0 Å². The highest BCUT2D eigenvalue weighted by molar-refractivity contribution is 7.11. The minimum absolute atomic E-state index is 0.00680. The van der Waals surface area contributed by atoms with E-state index in [0.29, 0.717) is 4.88 Å².